The summed E-state index contributed by atoms with van der Waals surface area (Å²) in [6.45, 7) is 0. The molecule has 3 aromatic rings. The summed E-state index contributed by atoms with van der Waals surface area (Å²) in [5, 5.41) is 0.508. The van der Waals surface area contributed by atoms with Crippen molar-refractivity contribution in [2.24, 2.45) is 0 Å². The van der Waals surface area contributed by atoms with E-state index in [-0.39, 0.29) is 0 Å². The van der Waals surface area contributed by atoms with E-state index in [1.165, 1.54) is 0 Å². The number of anilines is 1. The maximum atomic E-state index is 6.13. The summed E-state index contributed by atoms with van der Waals surface area (Å²) in [6, 6.07) is 9.48. The molecule has 0 bridgehead atoms. The van der Waals surface area contributed by atoms with E-state index in [9.17, 15) is 0 Å². The van der Waals surface area contributed by atoms with Crippen LogP contribution in [0.1, 0.15) is 0 Å². The molecule has 0 saturated carbocycles. The van der Waals surface area contributed by atoms with Gasteiger partial charge in [0, 0.05) is 0 Å². The van der Waals surface area contributed by atoms with Gasteiger partial charge in [0.05, 0.1) is 27.9 Å². The van der Waals surface area contributed by atoms with E-state index in [1.54, 1.807) is 18.6 Å². The number of para-hydroxylation sites is 2. The van der Waals surface area contributed by atoms with Gasteiger partial charge >= 0.3 is 0 Å². The molecule has 17 heavy (non-hydrogen) atoms. The van der Waals surface area contributed by atoms with Gasteiger partial charge in [-0.25, -0.2) is 9.97 Å². The lowest BCUT2D eigenvalue weighted by Crippen LogP contribution is -1.98. The topological polar surface area (TPSA) is 56.7 Å². The number of nitrogens with zero attached hydrogens (tertiary/aromatic N) is 3. The number of hydrogen-bond donors (Lipinski definition) is 1. The van der Waals surface area contributed by atoms with E-state index in [0.29, 0.717) is 16.5 Å². The Morgan fingerprint density at radius 3 is 2.82 bits per heavy atom. The van der Waals surface area contributed by atoms with Crippen LogP contribution < -0.4 is 5.73 Å². The Morgan fingerprint density at radius 2 is 2.00 bits per heavy atom. The quantitative estimate of drug-likeness (QED) is 0.716. The van der Waals surface area contributed by atoms with Crippen LogP contribution in [0.15, 0.2) is 42.9 Å². The van der Waals surface area contributed by atoms with Crippen molar-refractivity contribution in [1.29, 1.82) is 0 Å². The first kappa shape index (κ1) is 10.1. The molecule has 1 aromatic carbocycles. The van der Waals surface area contributed by atoms with Gasteiger partial charge in [-0.05, 0) is 18.2 Å². The summed E-state index contributed by atoms with van der Waals surface area (Å²) in [7, 11) is 0. The predicted molar refractivity (Wildman–Crippen MR) is 68.3 cm³/mol. The van der Waals surface area contributed by atoms with Crippen molar-refractivity contribution in [3.8, 4) is 5.82 Å². The Balaban J connectivity index is 2.27. The highest BCUT2D eigenvalue weighted by Gasteiger charge is 2.08. The fourth-order valence-electron chi connectivity index (χ4n) is 1.75. The molecule has 0 fully saturated rings. The van der Waals surface area contributed by atoms with E-state index < -0.39 is 0 Å². The number of nitrogens with two attached hydrogens (primary N) is 1. The summed E-state index contributed by atoms with van der Waals surface area (Å²) >= 11 is 6.13. The SMILES string of the molecule is Nc1cnc(-n2cnc3ccccc32)c(Cl)c1. The molecule has 0 unspecified atom stereocenters. The lowest BCUT2D eigenvalue weighted by molar-refractivity contribution is 1.02. The van der Waals surface area contributed by atoms with Crippen molar-refractivity contribution in [1.82, 2.24) is 14.5 Å². The van der Waals surface area contributed by atoms with Crippen molar-refractivity contribution in [2.45, 2.75) is 0 Å². The molecule has 0 saturated heterocycles. The molecule has 0 aliphatic heterocycles. The van der Waals surface area contributed by atoms with Gasteiger partial charge in [-0.2, -0.15) is 0 Å². The molecule has 0 spiro atoms. The molecule has 0 aliphatic rings. The summed E-state index contributed by atoms with van der Waals surface area (Å²) in [5.41, 5.74) is 8.04. The van der Waals surface area contributed by atoms with E-state index in [0.717, 1.165) is 11.0 Å². The maximum absolute atomic E-state index is 6.13. The van der Waals surface area contributed by atoms with Crippen LogP contribution in [0.2, 0.25) is 5.02 Å². The molecular weight excluding hydrogens is 236 g/mol. The minimum Gasteiger partial charge on any atom is -0.397 e. The number of hydrogen-bond acceptors (Lipinski definition) is 3. The standard InChI is InChI=1S/C12H9ClN4/c13-9-5-8(14)6-15-12(9)17-7-16-10-3-1-2-4-11(10)17/h1-7H,14H2. The van der Waals surface area contributed by atoms with Crippen LogP contribution in [0.25, 0.3) is 16.9 Å². The van der Waals surface area contributed by atoms with E-state index in [1.807, 2.05) is 28.8 Å². The number of fused-ring (bicyclic) bond motifs is 1. The zero-order valence-corrected chi connectivity index (χ0v) is 9.59. The van der Waals surface area contributed by atoms with Crippen LogP contribution in [-0.4, -0.2) is 14.5 Å². The molecule has 0 radical (unpaired) electrons. The van der Waals surface area contributed by atoms with Crippen molar-refractivity contribution in [2.75, 3.05) is 5.73 Å². The third kappa shape index (κ3) is 1.62. The fraction of sp³-hybridized carbons (Fsp3) is 0. The number of aromatic nitrogens is 3. The second-order valence-corrected chi connectivity index (χ2v) is 4.08. The Labute approximate surface area is 103 Å². The molecule has 4 nitrogen and oxygen atoms in total. The van der Waals surface area contributed by atoms with Crippen LogP contribution in [0.4, 0.5) is 5.69 Å². The Kier molecular flexibility index (Phi) is 2.23. The van der Waals surface area contributed by atoms with Gasteiger partial charge in [-0.15, -0.1) is 0 Å². The smallest absolute Gasteiger partial charge is 0.157 e. The van der Waals surface area contributed by atoms with Gasteiger partial charge in [0.2, 0.25) is 0 Å². The maximum Gasteiger partial charge on any atom is 0.157 e. The average Bonchev–Trinajstić information content (AvgIpc) is 2.73. The molecule has 0 atom stereocenters. The highest BCUT2D eigenvalue weighted by molar-refractivity contribution is 6.32. The van der Waals surface area contributed by atoms with Crippen LogP contribution in [-0.2, 0) is 0 Å². The average molecular weight is 245 g/mol. The zero-order chi connectivity index (χ0) is 11.8. The molecule has 0 aliphatic carbocycles. The third-order valence-corrected chi connectivity index (χ3v) is 2.80. The highest BCUT2D eigenvalue weighted by Crippen LogP contribution is 2.23. The van der Waals surface area contributed by atoms with Crippen molar-refractivity contribution in [3.63, 3.8) is 0 Å². The lowest BCUT2D eigenvalue weighted by Gasteiger charge is -2.05. The van der Waals surface area contributed by atoms with Crippen molar-refractivity contribution >= 4 is 28.3 Å². The van der Waals surface area contributed by atoms with E-state index >= 15 is 0 Å². The van der Waals surface area contributed by atoms with Crippen LogP contribution in [0.5, 0.6) is 0 Å². The number of pyridine rings is 1. The fourth-order valence-corrected chi connectivity index (χ4v) is 2.02. The van der Waals surface area contributed by atoms with Gasteiger partial charge in [0.15, 0.2) is 5.82 Å². The first-order valence-electron chi connectivity index (χ1n) is 5.09. The Morgan fingerprint density at radius 1 is 1.18 bits per heavy atom. The second-order valence-electron chi connectivity index (χ2n) is 3.68. The highest BCUT2D eigenvalue weighted by atomic mass is 35.5. The molecule has 0 amide bonds. The van der Waals surface area contributed by atoms with E-state index in [4.69, 9.17) is 17.3 Å². The first-order valence-corrected chi connectivity index (χ1v) is 5.47. The Bertz CT molecular complexity index is 690. The van der Waals surface area contributed by atoms with Gasteiger partial charge < -0.3 is 5.73 Å². The molecule has 5 heteroatoms. The lowest BCUT2D eigenvalue weighted by atomic mass is 10.3. The number of rotatable bonds is 1. The summed E-state index contributed by atoms with van der Waals surface area (Å²) < 4.78 is 1.84. The Hall–Kier alpha value is -2.07. The van der Waals surface area contributed by atoms with Crippen LogP contribution in [0.3, 0.4) is 0 Å². The number of nitrogen functional groups attached to an aromatic ring is 1. The van der Waals surface area contributed by atoms with Gasteiger partial charge in [-0.1, -0.05) is 23.7 Å². The summed E-state index contributed by atoms with van der Waals surface area (Å²) in [6.07, 6.45) is 3.28. The van der Waals surface area contributed by atoms with Gasteiger partial charge in [0.25, 0.3) is 0 Å². The monoisotopic (exact) mass is 244 g/mol. The zero-order valence-electron chi connectivity index (χ0n) is 8.84. The van der Waals surface area contributed by atoms with Crippen molar-refractivity contribution in [3.05, 3.63) is 47.9 Å². The van der Waals surface area contributed by atoms with Gasteiger partial charge in [-0.3, -0.25) is 4.57 Å². The minimum atomic E-state index is 0.508. The molecule has 2 heterocycles. The largest absolute Gasteiger partial charge is 0.397 e. The number of benzene rings is 1. The number of halogens is 1. The summed E-state index contributed by atoms with van der Waals surface area (Å²) in [4.78, 5) is 8.53. The molecule has 3 rings (SSSR count). The van der Waals surface area contributed by atoms with E-state index in [2.05, 4.69) is 9.97 Å². The second kappa shape index (κ2) is 3.75. The first-order chi connectivity index (χ1) is 8.25. The summed E-state index contributed by atoms with van der Waals surface area (Å²) in [5.74, 6) is 0.634. The molecule has 2 N–H and O–H groups in total. The molecule has 2 aromatic heterocycles. The predicted octanol–water partition coefficient (Wildman–Crippen LogP) is 2.66. The number of imidazole rings is 1. The molecular formula is C12H9ClN4. The minimum absolute atomic E-state index is 0.508. The molecule has 84 valence electrons. The van der Waals surface area contributed by atoms with Gasteiger partial charge in [0.1, 0.15) is 6.33 Å². The third-order valence-electron chi connectivity index (χ3n) is 2.52. The van der Waals surface area contributed by atoms with Crippen LogP contribution >= 0.6 is 11.6 Å². The normalized spacial score (nSPS) is 10.9. The van der Waals surface area contributed by atoms with Crippen LogP contribution in [0, 0.1) is 0 Å². The van der Waals surface area contributed by atoms with Crippen molar-refractivity contribution < 1.29 is 0 Å².